The highest BCUT2D eigenvalue weighted by Crippen LogP contribution is 2.47. The van der Waals surface area contributed by atoms with Gasteiger partial charge in [-0.2, -0.15) is 0 Å². The number of halogens is 1. The fourth-order valence-electron chi connectivity index (χ4n) is 3.04. The maximum absolute atomic E-state index is 13.5. The Labute approximate surface area is 147 Å². The number of hydrogen-bond donors (Lipinski definition) is 2. The molecule has 7 heteroatoms. The molecule has 0 amide bonds. The van der Waals surface area contributed by atoms with Crippen LogP contribution in [0.15, 0.2) is 35.6 Å². The lowest BCUT2D eigenvalue weighted by atomic mass is 9.96. The predicted octanol–water partition coefficient (Wildman–Crippen LogP) is 1.88. The van der Waals surface area contributed by atoms with Gasteiger partial charge in [-0.1, -0.05) is 19.1 Å². The third-order valence-corrected chi connectivity index (χ3v) is 4.77. The van der Waals surface area contributed by atoms with Gasteiger partial charge in [-0.25, -0.2) is 4.39 Å². The number of nitrogens with one attached hydrogen (secondary N) is 2. The van der Waals surface area contributed by atoms with Gasteiger partial charge in [0.1, 0.15) is 18.0 Å². The highest BCUT2D eigenvalue weighted by atomic mass is 19.1. The molecule has 1 fully saturated rings. The minimum Gasteiger partial charge on any atom is -0.356 e. The summed E-state index contributed by atoms with van der Waals surface area (Å²) in [6.45, 7) is 4.34. The molecule has 1 aromatic carbocycles. The highest BCUT2D eigenvalue weighted by Gasteiger charge is 2.44. The Balaban J connectivity index is 1.50. The molecule has 0 atom stereocenters. The summed E-state index contributed by atoms with van der Waals surface area (Å²) < 4.78 is 15.5. The van der Waals surface area contributed by atoms with E-state index in [9.17, 15) is 4.39 Å². The lowest BCUT2D eigenvalue weighted by Crippen LogP contribution is -2.42. The number of guanidine groups is 1. The molecule has 1 aliphatic rings. The van der Waals surface area contributed by atoms with Crippen molar-refractivity contribution in [3.05, 3.63) is 47.8 Å². The first-order valence-corrected chi connectivity index (χ1v) is 8.74. The molecule has 1 aromatic heterocycles. The topological polar surface area (TPSA) is 67.1 Å². The van der Waals surface area contributed by atoms with Crippen LogP contribution >= 0.6 is 0 Å². The second-order valence-corrected chi connectivity index (χ2v) is 6.44. The quantitative estimate of drug-likeness (QED) is 0.594. The second kappa shape index (κ2) is 7.63. The average Bonchev–Trinajstić information content (AvgIpc) is 3.28. The molecule has 25 heavy (non-hydrogen) atoms. The maximum Gasteiger partial charge on any atom is 0.191 e. The Morgan fingerprint density at radius 1 is 1.36 bits per heavy atom. The van der Waals surface area contributed by atoms with E-state index in [0.717, 1.165) is 56.2 Å². The van der Waals surface area contributed by atoms with Crippen LogP contribution in [0, 0.1) is 5.82 Å². The van der Waals surface area contributed by atoms with Gasteiger partial charge in [0.05, 0.1) is 0 Å². The number of benzene rings is 1. The molecule has 3 rings (SSSR count). The van der Waals surface area contributed by atoms with Crippen molar-refractivity contribution in [1.82, 2.24) is 25.4 Å². The van der Waals surface area contributed by atoms with Gasteiger partial charge in [0.2, 0.25) is 0 Å². The third kappa shape index (κ3) is 4.15. The zero-order valence-electron chi connectivity index (χ0n) is 14.8. The van der Waals surface area contributed by atoms with E-state index in [1.54, 1.807) is 25.5 Å². The van der Waals surface area contributed by atoms with Crippen molar-refractivity contribution in [3.8, 4) is 0 Å². The van der Waals surface area contributed by atoms with E-state index >= 15 is 0 Å². The molecule has 2 N–H and O–H groups in total. The maximum atomic E-state index is 13.5. The molecule has 0 spiro atoms. The van der Waals surface area contributed by atoms with Crippen LogP contribution in [0.25, 0.3) is 0 Å². The summed E-state index contributed by atoms with van der Waals surface area (Å²) in [4.78, 5) is 4.27. The van der Waals surface area contributed by atoms with Crippen LogP contribution in [-0.2, 0) is 18.4 Å². The summed E-state index contributed by atoms with van der Waals surface area (Å²) in [6.07, 6.45) is 4.75. The van der Waals surface area contributed by atoms with Crippen molar-refractivity contribution >= 4 is 5.96 Å². The smallest absolute Gasteiger partial charge is 0.191 e. The number of aryl methyl sites for hydroxylation is 1. The van der Waals surface area contributed by atoms with Crippen molar-refractivity contribution in [2.24, 2.45) is 4.99 Å². The van der Waals surface area contributed by atoms with E-state index in [1.807, 2.05) is 10.6 Å². The van der Waals surface area contributed by atoms with E-state index in [1.165, 1.54) is 6.07 Å². The van der Waals surface area contributed by atoms with Crippen molar-refractivity contribution in [2.45, 2.75) is 38.1 Å². The monoisotopic (exact) mass is 344 g/mol. The standard InChI is InChI=1S/C18H25FN6/c1-3-16-24-23-13-25(16)10-9-21-17(20-2)22-12-18(7-8-18)14-5-4-6-15(19)11-14/h4-6,11,13H,3,7-10,12H2,1-2H3,(H2,20,21,22). The second-order valence-electron chi connectivity index (χ2n) is 6.44. The summed E-state index contributed by atoms with van der Waals surface area (Å²) >= 11 is 0. The Kier molecular flexibility index (Phi) is 5.31. The molecule has 6 nitrogen and oxygen atoms in total. The first-order valence-electron chi connectivity index (χ1n) is 8.74. The van der Waals surface area contributed by atoms with Gasteiger partial charge in [0.25, 0.3) is 0 Å². The van der Waals surface area contributed by atoms with Crippen LogP contribution in [0.2, 0.25) is 0 Å². The molecule has 2 aromatic rings. The molecule has 0 saturated heterocycles. The zero-order chi connectivity index (χ0) is 17.7. The van der Waals surface area contributed by atoms with Crippen molar-refractivity contribution < 1.29 is 4.39 Å². The van der Waals surface area contributed by atoms with E-state index in [0.29, 0.717) is 0 Å². The number of rotatable bonds is 7. The first kappa shape index (κ1) is 17.4. The van der Waals surface area contributed by atoms with E-state index in [4.69, 9.17) is 0 Å². The molecule has 0 unspecified atom stereocenters. The van der Waals surface area contributed by atoms with Crippen molar-refractivity contribution in [1.29, 1.82) is 0 Å². The van der Waals surface area contributed by atoms with Crippen molar-refractivity contribution in [2.75, 3.05) is 20.1 Å². The Hall–Kier alpha value is -2.44. The Bertz CT molecular complexity index is 735. The third-order valence-electron chi connectivity index (χ3n) is 4.77. The summed E-state index contributed by atoms with van der Waals surface area (Å²) in [5, 5.41) is 14.7. The van der Waals surface area contributed by atoms with Gasteiger partial charge in [-0.3, -0.25) is 4.99 Å². The van der Waals surface area contributed by atoms with Gasteiger partial charge in [0.15, 0.2) is 5.96 Å². The Morgan fingerprint density at radius 2 is 2.20 bits per heavy atom. The lowest BCUT2D eigenvalue weighted by Gasteiger charge is -2.19. The largest absolute Gasteiger partial charge is 0.356 e. The summed E-state index contributed by atoms with van der Waals surface area (Å²) in [5.74, 6) is 1.56. The van der Waals surface area contributed by atoms with Gasteiger partial charge >= 0.3 is 0 Å². The highest BCUT2D eigenvalue weighted by molar-refractivity contribution is 5.79. The van der Waals surface area contributed by atoms with Gasteiger partial charge < -0.3 is 15.2 Å². The van der Waals surface area contributed by atoms with Crippen LogP contribution in [0.3, 0.4) is 0 Å². The molecule has 134 valence electrons. The number of nitrogens with zero attached hydrogens (tertiary/aromatic N) is 4. The number of hydrogen-bond acceptors (Lipinski definition) is 3. The minimum atomic E-state index is -0.174. The summed E-state index contributed by atoms with van der Waals surface area (Å²) in [7, 11) is 1.76. The first-order chi connectivity index (χ1) is 12.2. The summed E-state index contributed by atoms with van der Waals surface area (Å²) in [5.41, 5.74) is 1.09. The molecular formula is C18H25FN6. The molecule has 1 heterocycles. The molecule has 1 saturated carbocycles. The van der Waals surface area contributed by atoms with E-state index < -0.39 is 0 Å². The van der Waals surface area contributed by atoms with Crippen LogP contribution < -0.4 is 10.6 Å². The number of aromatic nitrogens is 3. The average molecular weight is 344 g/mol. The fourth-order valence-corrected chi connectivity index (χ4v) is 3.04. The van der Waals surface area contributed by atoms with Crippen LogP contribution in [0.1, 0.15) is 31.2 Å². The molecule has 0 bridgehead atoms. The number of aliphatic imine (C=N–C) groups is 1. The Morgan fingerprint density at radius 3 is 2.88 bits per heavy atom. The zero-order valence-corrected chi connectivity index (χ0v) is 14.8. The fraction of sp³-hybridized carbons (Fsp3) is 0.500. The molecule has 0 radical (unpaired) electrons. The normalized spacial score (nSPS) is 15.9. The van der Waals surface area contributed by atoms with Gasteiger partial charge in [-0.15, -0.1) is 10.2 Å². The van der Waals surface area contributed by atoms with Gasteiger partial charge in [-0.05, 0) is 30.5 Å². The molecule has 1 aliphatic carbocycles. The minimum absolute atomic E-state index is 0.0311. The van der Waals surface area contributed by atoms with Gasteiger partial charge in [0, 0.05) is 38.5 Å². The predicted molar refractivity (Wildman–Crippen MR) is 96.1 cm³/mol. The van der Waals surface area contributed by atoms with E-state index in [2.05, 4.69) is 32.7 Å². The van der Waals surface area contributed by atoms with Crippen LogP contribution in [0.4, 0.5) is 4.39 Å². The van der Waals surface area contributed by atoms with E-state index in [-0.39, 0.29) is 11.2 Å². The lowest BCUT2D eigenvalue weighted by molar-refractivity contribution is 0.601. The van der Waals surface area contributed by atoms with Crippen molar-refractivity contribution in [3.63, 3.8) is 0 Å². The van der Waals surface area contributed by atoms with Crippen LogP contribution in [0.5, 0.6) is 0 Å². The SMILES string of the molecule is CCc1nncn1CCNC(=NC)NCC1(c2cccc(F)c2)CC1. The van der Waals surface area contributed by atoms with Crippen LogP contribution in [-0.4, -0.2) is 40.9 Å². The molecule has 0 aliphatic heterocycles. The summed E-state index contributed by atoms with van der Waals surface area (Å²) in [6, 6.07) is 6.92. The molecular weight excluding hydrogens is 319 g/mol.